The average molecular weight is 315 g/mol. The number of nitrogens with zero attached hydrogens (tertiary/aromatic N) is 2. The molecule has 0 saturated carbocycles. The highest BCUT2D eigenvalue weighted by Gasteiger charge is 2.28. The first-order valence-corrected chi connectivity index (χ1v) is 7.93. The lowest BCUT2D eigenvalue weighted by molar-refractivity contribution is -0.123. The third-order valence-electron chi connectivity index (χ3n) is 3.85. The smallest absolute Gasteiger partial charge is 0.246 e. The molecule has 122 valence electrons. The van der Waals surface area contributed by atoms with Gasteiger partial charge in [-0.05, 0) is 12.8 Å². The number of benzene rings is 1. The van der Waals surface area contributed by atoms with Crippen molar-refractivity contribution in [3.8, 4) is 11.4 Å². The number of aromatic nitrogens is 2. The van der Waals surface area contributed by atoms with Gasteiger partial charge in [-0.15, -0.1) is 0 Å². The molecule has 0 radical (unpaired) electrons. The lowest BCUT2D eigenvalue weighted by Gasteiger charge is -2.08. The van der Waals surface area contributed by atoms with Crippen LogP contribution in [-0.2, 0) is 11.3 Å². The van der Waals surface area contributed by atoms with E-state index in [0.29, 0.717) is 17.8 Å². The van der Waals surface area contributed by atoms with Gasteiger partial charge in [-0.2, -0.15) is 4.98 Å². The van der Waals surface area contributed by atoms with Gasteiger partial charge < -0.3 is 9.84 Å². The first-order valence-electron chi connectivity index (χ1n) is 7.93. The fraction of sp³-hybridized carbons (Fsp3) is 0.438. The van der Waals surface area contributed by atoms with Gasteiger partial charge in [0.25, 0.3) is 0 Å². The van der Waals surface area contributed by atoms with E-state index >= 15 is 0 Å². The minimum atomic E-state index is -0.219. The van der Waals surface area contributed by atoms with E-state index in [-0.39, 0.29) is 18.5 Å². The molecule has 0 aliphatic carbocycles. The highest BCUT2D eigenvalue weighted by Crippen LogP contribution is 2.15. The molecule has 3 N–H and O–H groups in total. The van der Waals surface area contributed by atoms with E-state index in [4.69, 9.17) is 4.52 Å². The molecule has 2 aromatic rings. The molecule has 7 nitrogen and oxygen atoms in total. The molecule has 1 aromatic carbocycles. The zero-order valence-electron chi connectivity index (χ0n) is 13.1. The van der Waals surface area contributed by atoms with Gasteiger partial charge in [-0.1, -0.05) is 48.8 Å². The normalized spacial score (nSPS) is 20.6. The molecular weight excluding hydrogens is 294 g/mol. The van der Waals surface area contributed by atoms with Gasteiger partial charge in [0, 0.05) is 11.6 Å². The standard InChI is InChI=1S/C16H21N5O2/c1-2-6-12-9-13(20-19-12)16(22)17-10-14-18-15(21-23-14)11-7-4-3-5-8-11/h3-5,7-8,12-13,19-20H,2,6,9-10H2,1H3,(H,17,22). The summed E-state index contributed by atoms with van der Waals surface area (Å²) in [7, 11) is 0. The van der Waals surface area contributed by atoms with Gasteiger partial charge in [-0.25, -0.2) is 5.43 Å². The van der Waals surface area contributed by atoms with Crippen molar-refractivity contribution >= 4 is 5.91 Å². The molecule has 2 heterocycles. The molecular formula is C16H21N5O2. The van der Waals surface area contributed by atoms with Crippen LogP contribution in [0.5, 0.6) is 0 Å². The Balaban J connectivity index is 1.51. The Morgan fingerprint density at radius 2 is 2.17 bits per heavy atom. The summed E-state index contributed by atoms with van der Waals surface area (Å²) in [6, 6.07) is 9.72. The minimum absolute atomic E-state index is 0.0597. The zero-order valence-corrected chi connectivity index (χ0v) is 13.1. The van der Waals surface area contributed by atoms with Crippen LogP contribution in [-0.4, -0.2) is 28.1 Å². The fourth-order valence-corrected chi connectivity index (χ4v) is 2.65. The van der Waals surface area contributed by atoms with Gasteiger partial charge in [0.15, 0.2) is 0 Å². The Labute approximate surface area is 134 Å². The van der Waals surface area contributed by atoms with E-state index < -0.39 is 0 Å². The van der Waals surface area contributed by atoms with Crippen molar-refractivity contribution in [2.75, 3.05) is 0 Å². The predicted octanol–water partition coefficient (Wildman–Crippen LogP) is 1.39. The van der Waals surface area contributed by atoms with Crippen molar-refractivity contribution in [2.24, 2.45) is 0 Å². The van der Waals surface area contributed by atoms with Gasteiger partial charge in [0.05, 0.1) is 6.54 Å². The highest BCUT2D eigenvalue weighted by atomic mass is 16.5. The van der Waals surface area contributed by atoms with Crippen LogP contribution in [0.3, 0.4) is 0 Å². The number of rotatable bonds is 6. The van der Waals surface area contributed by atoms with Crippen molar-refractivity contribution in [3.63, 3.8) is 0 Å². The van der Waals surface area contributed by atoms with Crippen molar-refractivity contribution < 1.29 is 9.32 Å². The summed E-state index contributed by atoms with van der Waals surface area (Å²) >= 11 is 0. The Kier molecular flexibility index (Phi) is 4.99. The molecule has 7 heteroatoms. The summed E-state index contributed by atoms with van der Waals surface area (Å²) in [6.07, 6.45) is 2.94. The van der Waals surface area contributed by atoms with Crippen molar-refractivity contribution in [1.82, 2.24) is 26.3 Å². The highest BCUT2D eigenvalue weighted by molar-refractivity contribution is 5.81. The number of nitrogens with one attached hydrogen (secondary N) is 3. The van der Waals surface area contributed by atoms with E-state index in [9.17, 15) is 4.79 Å². The molecule has 1 aromatic heterocycles. The van der Waals surface area contributed by atoms with Gasteiger partial charge in [0.1, 0.15) is 6.04 Å². The van der Waals surface area contributed by atoms with E-state index in [0.717, 1.165) is 24.8 Å². The number of carbonyl (C=O) groups is 1. The number of carbonyl (C=O) groups excluding carboxylic acids is 1. The first kappa shape index (κ1) is 15.6. The van der Waals surface area contributed by atoms with Gasteiger partial charge >= 0.3 is 0 Å². The van der Waals surface area contributed by atoms with Crippen LogP contribution in [0.2, 0.25) is 0 Å². The second-order valence-corrected chi connectivity index (χ2v) is 5.66. The number of hydrazine groups is 1. The quantitative estimate of drug-likeness (QED) is 0.746. The number of hydrogen-bond donors (Lipinski definition) is 3. The first-order chi connectivity index (χ1) is 11.3. The molecule has 1 fully saturated rings. The molecule has 23 heavy (non-hydrogen) atoms. The fourth-order valence-electron chi connectivity index (χ4n) is 2.65. The van der Waals surface area contributed by atoms with Gasteiger partial charge in [0.2, 0.25) is 17.6 Å². The van der Waals surface area contributed by atoms with Gasteiger partial charge in [-0.3, -0.25) is 10.2 Å². The third-order valence-corrected chi connectivity index (χ3v) is 3.85. The van der Waals surface area contributed by atoms with Crippen LogP contribution >= 0.6 is 0 Å². The van der Waals surface area contributed by atoms with Crippen LogP contribution < -0.4 is 16.2 Å². The summed E-state index contributed by atoms with van der Waals surface area (Å²) in [5.74, 6) is 0.863. The lowest BCUT2D eigenvalue weighted by atomic mass is 10.1. The second kappa shape index (κ2) is 7.34. The molecule has 1 aliphatic heterocycles. The van der Waals surface area contributed by atoms with E-state index in [1.54, 1.807) is 0 Å². The lowest BCUT2D eigenvalue weighted by Crippen LogP contribution is -2.43. The Morgan fingerprint density at radius 1 is 1.35 bits per heavy atom. The Hall–Kier alpha value is -2.25. The summed E-state index contributed by atoms with van der Waals surface area (Å²) in [5, 5.41) is 6.76. The van der Waals surface area contributed by atoms with Crippen molar-refractivity contribution in [3.05, 3.63) is 36.2 Å². The number of hydrogen-bond acceptors (Lipinski definition) is 6. The van der Waals surface area contributed by atoms with Crippen LogP contribution in [0.15, 0.2) is 34.9 Å². The summed E-state index contributed by atoms with van der Waals surface area (Å²) in [4.78, 5) is 16.4. The van der Waals surface area contributed by atoms with Crippen LogP contribution in [0.1, 0.15) is 32.1 Å². The molecule has 0 spiro atoms. The monoisotopic (exact) mass is 315 g/mol. The molecule has 3 rings (SSSR count). The maximum absolute atomic E-state index is 12.1. The third kappa shape index (κ3) is 3.94. The van der Waals surface area contributed by atoms with Crippen LogP contribution in [0, 0.1) is 0 Å². The molecule has 0 bridgehead atoms. The molecule has 2 unspecified atom stereocenters. The van der Waals surface area contributed by atoms with Crippen molar-refractivity contribution in [2.45, 2.75) is 44.8 Å². The van der Waals surface area contributed by atoms with Crippen molar-refractivity contribution in [1.29, 1.82) is 0 Å². The Morgan fingerprint density at radius 3 is 2.96 bits per heavy atom. The van der Waals surface area contributed by atoms with Crippen LogP contribution in [0.25, 0.3) is 11.4 Å². The molecule has 2 atom stereocenters. The molecule has 1 amide bonds. The van der Waals surface area contributed by atoms with E-state index in [1.807, 2.05) is 30.3 Å². The number of amides is 1. The second-order valence-electron chi connectivity index (χ2n) is 5.66. The summed E-state index contributed by atoms with van der Waals surface area (Å²) in [6.45, 7) is 2.37. The Bertz CT molecular complexity index is 643. The van der Waals surface area contributed by atoms with Crippen LogP contribution in [0.4, 0.5) is 0 Å². The summed E-state index contributed by atoms with van der Waals surface area (Å²) < 4.78 is 5.18. The topological polar surface area (TPSA) is 92.1 Å². The zero-order chi connectivity index (χ0) is 16.1. The molecule has 1 aliphatic rings. The minimum Gasteiger partial charge on any atom is -0.346 e. The largest absolute Gasteiger partial charge is 0.346 e. The average Bonchev–Trinajstić information content (AvgIpc) is 3.23. The maximum Gasteiger partial charge on any atom is 0.246 e. The summed E-state index contributed by atoms with van der Waals surface area (Å²) in [5.41, 5.74) is 7.07. The maximum atomic E-state index is 12.1. The molecule has 1 saturated heterocycles. The van der Waals surface area contributed by atoms with E-state index in [1.165, 1.54) is 0 Å². The SMILES string of the molecule is CCCC1CC(C(=O)NCc2nc(-c3ccccc3)no2)NN1. The van der Waals surface area contributed by atoms with E-state index in [2.05, 4.69) is 33.2 Å². The predicted molar refractivity (Wildman–Crippen MR) is 85.0 cm³/mol.